The lowest BCUT2D eigenvalue weighted by Gasteiger charge is -1.89. The van der Waals surface area contributed by atoms with E-state index in [9.17, 15) is 4.79 Å². The highest BCUT2D eigenvalue weighted by atomic mass is 16.1. The van der Waals surface area contributed by atoms with Gasteiger partial charge in [-0.15, -0.1) is 0 Å². The van der Waals surface area contributed by atoms with Crippen LogP contribution in [0.25, 0.3) is 0 Å². The molecule has 1 heteroatoms. The zero-order chi connectivity index (χ0) is 9.94. The Morgan fingerprint density at radius 3 is 2.69 bits per heavy atom. The lowest BCUT2D eigenvalue weighted by Crippen LogP contribution is -1.87. The highest BCUT2D eigenvalue weighted by Crippen LogP contribution is 1.98. The first kappa shape index (κ1) is 12.2. The van der Waals surface area contributed by atoms with Crippen molar-refractivity contribution in [2.75, 3.05) is 0 Å². The normalized spacial score (nSPS) is 14.0. The molecular formula is C12H19O. The van der Waals surface area contributed by atoms with Crippen molar-refractivity contribution in [1.82, 2.24) is 0 Å². The van der Waals surface area contributed by atoms with Crippen molar-refractivity contribution >= 4 is 6.29 Å². The van der Waals surface area contributed by atoms with Crippen LogP contribution in [0, 0.1) is 5.92 Å². The number of hydrogen-bond acceptors (Lipinski definition) is 1. The fourth-order valence-electron chi connectivity index (χ4n) is 0.937. The van der Waals surface area contributed by atoms with E-state index in [1.807, 2.05) is 25.4 Å². The summed E-state index contributed by atoms with van der Waals surface area (Å²) in [5.74, 6) is -0.0657. The van der Waals surface area contributed by atoms with E-state index in [0.717, 1.165) is 6.42 Å². The molecule has 1 unspecified atom stereocenters. The van der Waals surface area contributed by atoms with E-state index in [0.29, 0.717) is 0 Å². The topological polar surface area (TPSA) is 17.1 Å². The smallest absolute Gasteiger partial charge is 0.205 e. The molecule has 0 heterocycles. The third kappa shape index (κ3) is 9.06. The monoisotopic (exact) mass is 179 g/mol. The molecule has 0 saturated heterocycles. The van der Waals surface area contributed by atoms with Gasteiger partial charge in [0, 0.05) is 5.92 Å². The van der Waals surface area contributed by atoms with E-state index >= 15 is 0 Å². The quantitative estimate of drug-likeness (QED) is 0.432. The summed E-state index contributed by atoms with van der Waals surface area (Å²) < 4.78 is 0. The van der Waals surface area contributed by atoms with Crippen LogP contribution in [0.2, 0.25) is 0 Å². The Bertz CT molecular complexity index is 168. The highest BCUT2D eigenvalue weighted by Gasteiger charge is 1.90. The second kappa shape index (κ2) is 9.24. The van der Waals surface area contributed by atoms with E-state index < -0.39 is 0 Å². The van der Waals surface area contributed by atoms with Crippen LogP contribution < -0.4 is 0 Å². The van der Waals surface area contributed by atoms with Crippen molar-refractivity contribution in [1.29, 1.82) is 0 Å². The molecular weight excluding hydrogens is 160 g/mol. The Hall–Kier alpha value is -0.850. The predicted octanol–water partition coefficient (Wildman–Crippen LogP) is 3.42. The van der Waals surface area contributed by atoms with E-state index in [4.69, 9.17) is 0 Å². The molecule has 0 bridgehead atoms. The van der Waals surface area contributed by atoms with Crippen molar-refractivity contribution < 1.29 is 4.79 Å². The molecule has 0 aliphatic heterocycles. The lowest BCUT2D eigenvalue weighted by molar-refractivity contribution is 0.543. The molecule has 0 saturated carbocycles. The van der Waals surface area contributed by atoms with Crippen molar-refractivity contribution in [3.8, 4) is 0 Å². The molecule has 0 aromatic carbocycles. The summed E-state index contributed by atoms with van der Waals surface area (Å²) in [6, 6.07) is 0. The Morgan fingerprint density at radius 2 is 2.08 bits per heavy atom. The van der Waals surface area contributed by atoms with Crippen LogP contribution >= 0.6 is 0 Å². The van der Waals surface area contributed by atoms with Gasteiger partial charge in [0.15, 0.2) is 0 Å². The molecule has 0 aliphatic carbocycles. The standard InChI is InChI=1S/C12H19O/c1-3-4-5-6-7-8-9-10-12(2)11-13/h6-7,9-10,12H,3-5,8H2,1-2H3/b7-6+,10-9+. The third-order valence-corrected chi connectivity index (χ3v) is 1.77. The number of hydrogen-bond donors (Lipinski definition) is 0. The maximum absolute atomic E-state index is 10.1. The molecule has 0 fully saturated rings. The summed E-state index contributed by atoms with van der Waals surface area (Å²) >= 11 is 0. The van der Waals surface area contributed by atoms with Crippen LogP contribution in [-0.2, 0) is 4.79 Å². The van der Waals surface area contributed by atoms with Crippen LogP contribution in [0.15, 0.2) is 24.3 Å². The van der Waals surface area contributed by atoms with Crippen molar-refractivity contribution in [3.63, 3.8) is 0 Å². The molecule has 0 aliphatic rings. The zero-order valence-corrected chi connectivity index (χ0v) is 8.62. The van der Waals surface area contributed by atoms with Gasteiger partial charge in [-0.3, -0.25) is 4.79 Å². The third-order valence-electron chi connectivity index (χ3n) is 1.77. The Balaban J connectivity index is 3.37. The van der Waals surface area contributed by atoms with Gasteiger partial charge in [-0.2, -0.15) is 0 Å². The van der Waals surface area contributed by atoms with Gasteiger partial charge in [0.05, 0.1) is 0 Å². The van der Waals surface area contributed by atoms with Gasteiger partial charge in [0.2, 0.25) is 6.29 Å². The van der Waals surface area contributed by atoms with E-state index in [1.165, 1.54) is 19.3 Å². The molecule has 0 amide bonds. The van der Waals surface area contributed by atoms with Crippen LogP contribution in [0.1, 0.15) is 39.5 Å². The van der Waals surface area contributed by atoms with Gasteiger partial charge in [0.1, 0.15) is 0 Å². The highest BCUT2D eigenvalue weighted by molar-refractivity contribution is 5.56. The largest absolute Gasteiger partial charge is 0.290 e. The minimum absolute atomic E-state index is 0.0657. The number of rotatable bonds is 7. The predicted molar refractivity (Wildman–Crippen MR) is 57.3 cm³/mol. The molecule has 0 spiro atoms. The maximum atomic E-state index is 10.1. The van der Waals surface area contributed by atoms with Gasteiger partial charge in [0.25, 0.3) is 0 Å². The molecule has 73 valence electrons. The zero-order valence-electron chi connectivity index (χ0n) is 8.62. The molecule has 1 radical (unpaired) electrons. The van der Waals surface area contributed by atoms with E-state index in [-0.39, 0.29) is 5.92 Å². The molecule has 0 aromatic rings. The van der Waals surface area contributed by atoms with Gasteiger partial charge >= 0.3 is 0 Å². The fraction of sp³-hybridized carbons (Fsp3) is 0.583. The molecule has 0 N–H and O–H groups in total. The molecule has 1 nitrogen and oxygen atoms in total. The summed E-state index contributed by atoms with van der Waals surface area (Å²) in [5.41, 5.74) is 0. The van der Waals surface area contributed by atoms with E-state index in [1.54, 1.807) is 0 Å². The number of unbranched alkanes of at least 4 members (excludes halogenated alkanes) is 2. The maximum Gasteiger partial charge on any atom is 0.205 e. The first-order chi connectivity index (χ1) is 6.31. The average Bonchev–Trinajstić information content (AvgIpc) is 2.16. The fourth-order valence-corrected chi connectivity index (χ4v) is 0.937. The molecule has 0 aromatic heterocycles. The average molecular weight is 179 g/mol. The summed E-state index contributed by atoms with van der Waals surface area (Å²) in [4.78, 5) is 10.1. The summed E-state index contributed by atoms with van der Waals surface area (Å²) in [7, 11) is 0. The lowest BCUT2D eigenvalue weighted by atomic mass is 10.2. The SMILES string of the molecule is CCCC/C=C/C/C=C/C(C)[C]=O. The summed E-state index contributed by atoms with van der Waals surface area (Å²) in [6.45, 7) is 4.03. The summed E-state index contributed by atoms with van der Waals surface area (Å²) in [5, 5.41) is 0. The first-order valence-electron chi connectivity index (χ1n) is 5.00. The Morgan fingerprint density at radius 1 is 1.31 bits per heavy atom. The van der Waals surface area contributed by atoms with Gasteiger partial charge in [-0.25, -0.2) is 0 Å². The number of allylic oxidation sites excluding steroid dienone is 4. The second-order valence-electron chi connectivity index (χ2n) is 3.18. The Labute approximate surface area is 81.5 Å². The number of carbonyl (C=O) groups excluding carboxylic acids is 1. The molecule has 1 atom stereocenters. The second-order valence-corrected chi connectivity index (χ2v) is 3.18. The van der Waals surface area contributed by atoms with Gasteiger partial charge in [-0.1, -0.05) is 51.0 Å². The van der Waals surface area contributed by atoms with Crippen molar-refractivity contribution in [2.24, 2.45) is 5.92 Å². The van der Waals surface area contributed by atoms with Gasteiger partial charge in [-0.05, 0) is 12.8 Å². The molecule has 0 rings (SSSR count). The summed E-state index contributed by atoms with van der Waals surface area (Å²) in [6.07, 6.45) is 14.8. The minimum atomic E-state index is -0.0657. The van der Waals surface area contributed by atoms with Crippen LogP contribution in [0.4, 0.5) is 0 Å². The van der Waals surface area contributed by atoms with Crippen LogP contribution in [0.3, 0.4) is 0 Å². The van der Waals surface area contributed by atoms with Crippen LogP contribution in [0.5, 0.6) is 0 Å². The van der Waals surface area contributed by atoms with Crippen molar-refractivity contribution in [3.05, 3.63) is 24.3 Å². The van der Waals surface area contributed by atoms with Gasteiger partial charge < -0.3 is 0 Å². The minimum Gasteiger partial charge on any atom is -0.290 e. The van der Waals surface area contributed by atoms with Crippen LogP contribution in [-0.4, -0.2) is 6.29 Å². The molecule has 13 heavy (non-hydrogen) atoms. The Kier molecular flexibility index (Phi) is 8.64. The first-order valence-corrected chi connectivity index (χ1v) is 5.00. The van der Waals surface area contributed by atoms with Crippen molar-refractivity contribution in [2.45, 2.75) is 39.5 Å². The van der Waals surface area contributed by atoms with E-state index in [2.05, 4.69) is 19.1 Å².